The maximum Gasteiger partial charge on any atom is 0.250 e. The topological polar surface area (TPSA) is 76.5 Å². The van der Waals surface area contributed by atoms with Crippen LogP contribution in [-0.2, 0) is 10.5 Å². The zero-order valence-corrected chi connectivity index (χ0v) is 19.9. The number of hydrogen-bond acceptors (Lipinski definition) is 8. The molecule has 0 saturated carbocycles. The summed E-state index contributed by atoms with van der Waals surface area (Å²) in [5.41, 5.74) is 4.60. The molecule has 0 saturated heterocycles. The molecule has 0 atom stereocenters. The number of benzene rings is 3. The van der Waals surface area contributed by atoms with E-state index in [0.29, 0.717) is 5.75 Å². The van der Waals surface area contributed by atoms with Crippen molar-refractivity contribution in [3.63, 3.8) is 0 Å². The summed E-state index contributed by atoms with van der Waals surface area (Å²) in [4.78, 5) is 12.1. The highest BCUT2D eigenvalue weighted by molar-refractivity contribution is 8.03. The van der Waals surface area contributed by atoms with Crippen LogP contribution in [0.3, 0.4) is 0 Å². The Hall–Kier alpha value is -3.14. The molecule has 1 heterocycles. The highest BCUT2D eigenvalue weighted by atomic mass is 32.2. The second-order valence-corrected chi connectivity index (χ2v) is 10.1. The van der Waals surface area contributed by atoms with Gasteiger partial charge in [0, 0.05) is 5.75 Å². The van der Waals surface area contributed by atoms with Gasteiger partial charge in [-0.1, -0.05) is 95.5 Å². The molecule has 0 aliphatic rings. The van der Waals surface area contributed by atoms with Gasteiger partial charge < -0.3 is 4.74 Å². The number of thioether (sulfide) groups is 2. The number of aromatic nitrogens is 2. The number of carbonyl (C=O) groups is 1. The van der Waals surface area contributed by atoms with Crippen molar-refractivity contribution in [1.82, 2.24) is 15.6 Å². The molecular weight excluding hydrogens is 472 g/mol. The lowest BCUT2D eigenvalue weighted by Gasteiger charge is -2.05. The maximum absolute atomic E-state index is 12.1. The number of nitrogens with one attached hydrogen (secondary N) is 1. The largest absolute Gasteiger partial charge is 0.457 e. The minimum atomic E-state index is -0.207. The normalized spacial score (nSPS) is 10.9. The summed E-state index contributed by atoms with van der Waals surface area (Å²) in [5, 5.41) is 12.4. The molecule has 0 radical (unpaired) electrons. The summed E-state index contributed by atoms with van der Waals surface area (Å²) in [6.07, 6.45) is 1.59. The van der Waals surface area contributed by atoms with E-state index in [1.807, 2.05) is 72.8 Å². The van der Waals surface area contributed by atoms with E-state index in [1.54, 1.807) is 18.0 Å². The van der Waals surface area contributed by atoms with Crippen LogP contribution in [0.2, 0.25) is 0 Å². The molecule has 6 nitrogen and oxygen atoms in total. The van der Waals surface area contributed by atoms with Gasteiger partial charge in [0.25, 0.3) is 5.91 Å². The molecular formula is C24H20N4O2S3. The molecule has 0 aliphatic heterocycles. The van der Waals surface area contributed by atoms with Crippen molar-refractivity contribution >= 4 is 47.0 Å². The number of hydrazone groups is 1. The molecule has 0 bridgehead atoms. The van der Waals surface area contributed by atoms with Crippen LogP contribution in [0, 0.1) is 0 Å². The van der Waals surface area contributed by atoms with Crippen molar-refractivity contribution in [1.29, 1.82) is 0 Å². The summed E-state index contributed by atoms with van der Waals surface area (Å²) in [6, 6.07) is 27.2. The van der Waals surface area contributed by atoms with E-state index >= 15 is 0 Å². The molecule has 1 aromatic heterocycles. The molecule has 4 aromatic rings. The van der Waals surface area contributed by atoms with Crippen LogP contribution < -0.4 is 10.2 Å². The van der Waals surface area contributed by atoms with Gasteiger partial charge in [-0.05, 0) is 35.4 Å². The number of ether oxygens (including phenoxy) is 1. The van der Waals surface area contributed by atoms with Crippen molar-refractivity contribution < 1.29 is 9.53 Å². The Bertz CT molecular complexity index is 1200. The van der Waals surface area contributed by atoms with Crippen molar-refractivity contribution in [3.8, 4) is 11.5 Å². The first-order valence-electron chi connectivity index (χ1n) is 10.0. The number of carbonyl (C=O) groups excluding carboxylic acids is 1. The average Bonchev–Trinajstić information content (AvgIpc) is 3.31. The molecule has 0 spiro atoms. The van der Waals surface area contributed by atoms with Gasteiger partial charge in [0.1, 0.15) is 11.5 Å². The molecule has 1 N–H and O–H groups in total. The molecule has 3 aromatic carbocycles. The number of para-hydroxylation sites is 1. The van der Waals surface area contributed by atoms with Crippen LogP contribution in [0.1, 0.15) is 11.1 Å². The van der Waals surface area contributed by atoms with E-state index in [4.69, 9.17) is 4.74 Å². The zero-order valence-electron chi connectivity index (χ0n) is 17.5. The van der Waals surface area contributed by atoms with Crippen LogP contribution >= 0.6 is 34.9 Å². The quantitative estimate of drug-likeness (QED) is 0.170. The van der Waals surface area contributed by atoms with E-state index in [-0.39, 0.29) is 11.7 Å². The van der Waals surface area contributed by atoms with Crippen LogP contribution in [0.5, 0.6) is 11.5 Å². The van der Waals surface area contributed by atoms with Gasteiger partial charge in [-0.2, -0.15) is 5.10 Å². The van der Waals surface area contributed by atoms with Gasteiger partial charge in [-0.3, -0.25) is 4.79 Å². The highest BCUT2D eigenvalue weighted by Gasteiger charge is 2.08. The fourth-order valence-electron chi connectivity index (χ4n) is 2.65. The van der Waals surface area contributed by atoms with Gasteiger partial charge in [0.2, 0.25) is 0 Å². The van der Waals surface area contributed by atoms with E-state index in [9.17, 15) is 4.79 Å². The lowest BCUT2D eigenvalue weighted by atomic mass is 10.2. The fourth-order valence-corrected chi connectivity index (χ4v) is 5.42. The molecule has 9 heteroatoms. The lowest BCUT2D eigenvalue weighted by Crippen LogP contribution is -2.19. The summed E-state index contributed by atoms with van der Waals surface area (Å²) in [5.74, 6) is 2.31. The molecule has 33 heavy (non-hydrogen) atoms. The fraction of sp³-hybridized carbons (Fsp3) is 0.0833. The molecule has 0 fully saturated rings. The van der Waals surface area contributed by atoms with Crippen molar-refractivity contribution in [3.05, 3.63) is 96.1 Å². The van der Waals surface area contributed by atoms with Gasteiger partial charge in [0.05, 0.1) is 12.0 Å². The van der Waals surface area contributed by atoms with Crippen LogP contribution in [0.15, 0.2) is 98.7 Å². The SMILES string of the molecule is O=C(CSc1nnc(SCc2ccccc2)s1)NN=Cc1cccc(Oc2ccccc2)c1. The zero-order chi connectivity index (χ0) is 22.7. The van der Waals surface area contributed by atoms with E-state index in [2.05, 4.69) is 32.9 Å². The summed E-state index contributed by atoms with van der Waals surface area (Å²) in [6.45, 7) is 0. The molecule has 1 amide bonds. The first-order valence-corrected chi connectivity index (χ1v) is 12.8. The number of nitrogens with zero attached hydrogens (tertiary/aromatic N) is 3. The summed E-state index contributed by atoms with van der Waals surface area (Å²) in [7, 11) is 0. The Labute approximate surface area is 204 Å². The van der Waals surface area contributed by atoms with Crippen molar-refractivity contribution in [2.75, 3.05) is 5.75 Å². The van der Waals surface area contributed by atoms with Gasteiger partial charge in [-0.25, -0.2) is 5.43 Å². The predicted molar refractivity (Wildman–Crippen MR) is 135 cm³/mol. The maximum atomic E-state index is 12.1. The van der Waals surface area contributed by atoms with Crippen LogP contribution in [0.4, 0.5) is 0 Å². The third-order valence-corrected chi connectivity index (χ3v) is 7.42. The lowest BCUT2D eigenvalue weighted by molar-refractivity contribution is -0.118. The van der Waals surface area contributed by atoms with Crippen molar-refractivity contribution in [2.24, 2.45) is 5.10 Å². The van der Waals surface area contributed by atoms with Gasteiger partial charge in [0.15, 0.2) is 8.68 Å². The Morgan fingerprint density at radius 3 is 2.39 bits per heavy atom. The first-order chi connectivity index (χ1) is 16.2. The minimum absolute atomic E-state index is 0.207. The van der Waals surface area contributed by atoms with E-state index in [1.165, 1.54) is 28.7 Å². The molecule has 166 valence electrons. The summed E-state index contributed by atoms with van der Waals surface area (Å²) >= 11 is 4.47. The average molecular weight is 493 g/mol. The van der Waals surface area contributed by atoms with Crippen LogP contribution in [-0.4, -0.2) is 28.1 Å². The van der Waals surface area contributed by atoms with Crippen LogP contribution in [0.25, 0.3) is 0 Å². The number of amides is 1. The second kappa shape index (κ2) is 12.2. The number of rotatable bonds is 10. The third kappa shape index (κ3) is 7.74. The predicted octanol–water partition coefficient (Wildman–Crippen LogP) is 5.87. The Kier molecular flexibility index (Phi) is 8.51. The Morgan fingerprint density at radius 1 is 0.909 bits per heavy atom. The smallest absolute Gasteiger partial charge is 0.250 e. The van der Waals surface area contributed by atoms with E-state index in [0.717, 1.165) is 25.7 Å². The van der Waals surface area contributed by atoms with Gasteiger partial charge in [-0.15, -0.1) is 10.2 Å². The standard InChI is InChI=1S/C24H20N4O2S3/c29-22(17-32-24-28-27-23(33-24)31-16-18-8-3-1-4-9-18)26-25-15-19-10-7-13-21(14-19)30-20-11-5-2-6-12-20/h1-15H,16-17H2,(H,26,29). The first kappa shape index (κ1) is 23.0. The highest BCUT2D eigenvalue weighted by Crippen LogP contribution is 2.30. The molecule has 4 rings (SSSR count). The van der Waals surface area contributed by atoms with Crippen molar-refractivity contribution in [2.45, 2.75) is 14.4 Å². The number of hydrogen-bond donors (Lipinski definition) is 1. The van der Waals surface area contributed by atoms with Gasteiger partial charge >= 0.3 is 0 Å². The molecule has 0 unspecified atom stereocenters. The Balaban J connectivity index is 1.20. The Morgan fingerprint density at radius 2 is 1.61 bits per heavy atom. The molecule has 0 aliphatic carbocycles. The monoisotopic (exact) mass is 492 g/mol. The van der Waals surface area contributed by atoms with E-state index < -0.39 is 0 Å². The summed E-state index contributed by atoms with van der Waals surface area (Å²) < 4.78 is 7.46. The second-order valence-electron chi connectivity index (χ2n) is 6.68. The third-order valence-electron chi connectivity index (χ3n) is 4.16. The minimum Gasteiger partial charge on any atom is -0.457 e.